The lowest BCUT2D eigenvalue weighted by atomic mass is 10.3. The maximum atomic E-state index is 10.5. The summed E-state index contributed by atoms with van der Waals surface area (Å²) in [6.07, 6.45) is 1.48. The molecule has 0 bridgehead atoms. The van der Waals surface area contributed by atoms with Gasteiger partial charge >= 0.3 is 5.97 Å². The number of rotatable bonds is 5. The highest BCUT2D eigenvalue weighted by atomic mass is 32.2. The molecule has 0 aliphatic rings. The molecule has 0 aromatic carbocycles. The molecule has 0 aromatic heterocycles. The molecule has 0 amide bonds. The minimum Gasteiger partial charge on any atom is -0.469 e. The van der Waals surface area contributed by atoms with Crippen LogP contribution >= 0.6 is 0 Å². The molecule has 0 unspecified atom stereocenters. The van der Waals surface area contributed by atoms with E-state index in [1.54, 1.807) is 0 Å². The Morgan fingerprint density at radius 2 is 2.00 bits per heavy atom. The molecule has 0 radical (unpaired) electrons. The molecule has 0 atom stereocenters. The van der Waals surface area contributed by atoms with Crippen LogP contribution in [0.3, 0.4) is 0 Å². The zero-order chi connectivity index (χ0) is 9.61. The lowest BCUT2D eigenvalue weighted by molar-refractivity contribution is -0.140. The fourth-order valence-corrected chi connectivity index (χ4v) is 0.949. The average Bonchev–Trinajstić information content (AvgIpc) is 1.96. The number of ether oxygens (including phenoxy) is 1. The summed E-state index contributed by atoms with van der Waals surface area (Å²) in [4.78, 5) is 10.5. The van der Waals surface area contributed by atoms with Gasteiger partial charge in [0, 0.05) is 6.42 Å². The zero-order valence-corrected chi connectivity index (χ0v) is 7.89. The molecule has 0 aliphatic heterocycles. The normalized spacial score (nSPS) is 11.2. The van der Waals surface area contributed by atoms with Gasteiger partial charge in [-0.15, -0.1) is 0 Å². The van der Waals surface area contributed by atoms with Crippen molar-refractivity contribution >= 4 is 16.1 Å². The van der Waals surface area contributed by atoms with E-state index >= 15 is 0 Å². The summed E-state index contributed by atoms with van der Waals surface area (Å²) in [6.45, 7) is 0.0218. The van der Waals surface area contributed by atoms with Crippen LogP contribution in [-0.2, 0) is 23.8 Å². The molecule has 0 fully saturated rings. The van der Waals surface area contributed by atoms with Crippen LogP contribution in [-0.4, -0.2) is 34.4 Å². The summed E-state index contributed by atoms with van der Waals surface area (Å²) < 4.78 is 29.5. The molecule has 72 valence electrons. The third kappa shape index (κ3) is 7.49. The molecule has 5 nitrogen and oxygen atoms in total. The first-order chi connectivity index (χ1) is 5.45. The van der Waals surface area contributed by atoms with Crippen LogP contribution in [0.15, 0.2) is 0 Å². The van der Waals surface area contributed by atoms with E-state index in [2.05, 4.69) is 8.92 Å². The first kappa shape index (κ1) is 11.4. The molecule has 0 N–H and O–H groups in total. The third-order valence-corrected chi connectivity index (χ3v) is 1.65. The SMILES string of the molecule is COC(=O)CCCOS(C)(=O)=O. The Morgan fingerprint density at radius 3 is 2.42 bits per heavy atom. The Hall–Kier alpha value is -0.620. The lowest BCUT2D eigenvalue weighted by Gasteiger charge is -1.99. The third-order valence-electron chi connectivity index (χ3n) is 1.05. The smallest absolute Gasteiger partial charge is 0.305 e. The van der Waals surface area contributed by atoms with E-state index < -0.39 is 10.1 Å². The van der Waals surface area contributed by atoms with Crippen LogP contribution in [0.25, 0.3) is 0 Å². The van der Waals surface area contributed by atoms with Crippen molar-refractivity contribution in [2.45, 2.75) is 12.8 Å². The van der Waals surface area contributed by atoms with Crippen LogP contribution in [0, 0.1) is 0 Å². The number of carbonyl (C=O) groups is 1. The van der Waals surface area contributed by atoms with Gasteiger partial charge in [0.15, 0.2) is 0 Å². The highest BCUT2D eigenvalue weighted by Crippen LogP contribution is 1.95. The van der Waals surface area contributed by atoms with Crippen LogP contribution < -0.4 is 0 Å². The maximum absolute atomic E-state index is 10.5. The second-order valence-corrected chi connectivity index (χ2v) is 3.85. The lowest BCUT2D eigenvalue weighted by Crippen LogP contribution is -2.07. The van der Waals surface area contributed by atoms with Crippen molar-refractivity contribution in [2.24, 2.45) is 0 Å². The zero-order valence-electron chi connectivity index (χ0n) is 7.07. The largest absolute Gasteiger partial charge is 0.469 e. The van der Waals surface area contributed by atoms with Crippen LogP contribution in [0.1, 0.15) is 12.8 Å². The van der Waals surface area contributed by atoms with Gasteiger partial charge in [-0.3, -0.25) is 8.98 Å². The van der Waals surface area contributed by atoms with E-state index in [1.807, 2.05) is 0 Å². The summed E-state index contributed by atoms with van der Waals surface area (Å²) >= 11 is 0. The van der Waals surface area contributed by atoms with Crippen molar-refractivity contribution in [3.05, 3.63) is 0 Å². The summed E-state index contributed by atoms with van der Waals surface area (Å²) in [5.41, 5.74) is 0. The van der Waals surface area contributed by atoms with Crippen molar-refractivity contribution in [1.82, 2.24) is 0 Å². The van der Waals surface area contributed by atoms with Gasteiger partial charge in [-0.1, -0.05) is 0 Å². The van der Waals surface area contributed by atoms with Gasteiger partial charge in [-0.25, -0.2) is 0 Å². The van der Waals surface area contributed by atoms with E-state index in [4.69, 9.17) is 0 Å². The standard InChI is InChI=1S/C6H12O5S/c1-10-6(7)4-3-5-11-12(2,8)9/h3-5H2,1-2H3. The van der Waals surface area contributed by atoms with Crippen LogP contribution in [0.2, 0.25) is 0 Å². The van der Waals surface area contributed by atoms with Crippen molar-refractivity contribution in [2.75, 3.05) is 20.0 Å². The number of methoxy groups -OCH3 is 1. The van der Waals surface area contributed by atoms with Crippen molar-refractivity contribution in [3.8, 4) is 0 Å². The Balaban J connectivity index is 3.40. The second kappa shape index (κ2) is 5.10. The fourth-order valence-electron chi connectivity index (χ4n) is 0.529. The minimum atomic E-state index is -3.38. The molecule has 0 saturated heterocycles. The number of hydrogen-bond donors (Lipinski definition) is 0. The summed E-state index contributed by atoms with van der Waals surface area (Å²) in [5.74, 6) is -0.368. The molecular weight excluding hydrogens is 184 g/mol. The van der Waals surface area contributed by atoms with Gasteiger partial charge in [0.25, 0.3) is 10.1 Å². The minimum absolute atomic E-state index is 0.0218. The molecule has 0 spiro atoms. The van der Waals surface area contributed by atoms with Crippen molar-refractivity contribution < 1.29 is 22.1 Å². The molecule has 0 saturated carbocycles. The first-order valence-corrected chi connectivity index (χ1v) is 5.18. The average molecular weight is 196 g/mol. The highest BCUT2D eigenvalue weighted by Gasteiger charge is 2.03. The van der Waals surface area contributed by atoms with Crippen LogP contribution in [0.5, 0.6) is 0 Å². The Kier molecular flexibility index (Phi) is 4.84. The van der Waals surface area contributed by atoms with Crippen molar-refractivity contribution in [3.63, 3.8) is 0 Å². The van der Waals surface area contributed by atoms with Gasteiger partial charge in [0.2, 0.25) is 0 Å². The summed E-state index contributed by atoms with van der Waals surface area (Å²) in [5, 5.41) is 0. The van der Waals surface area contributed by atoms with E-state index in [1.165, 1.54) is 7.11 Å². The van der Waals surface area contributed by atoms with Crippen LogP contribution in [0.4, 0.5) is 0 Å². The van der Waals surface area contributed by atoms with E-state index in [9.17, 15) is 13.2 Å². The topological polar surface area (TPSA) is 69.7 Å². The van der Waals surface area contributed by atoms with E-state index in [0.29, 0.717) is 6.42 Å². The molecule has 0 aliphatic carbocycles. The van der Waals surface area contributed by atoms with Gasteiger partial charge in [0.1, 0.15) is 0 Å². The molecule has 0 heterocycles. The quantitative estimate of drug-likeness (QED) is 0.349. The Labute approximate surface area is 71.8 Å². The predicted molar refractivity (Wildman–Crippen MR) is 42.0 cm³/mol. The second-order valence-electron chi connectivity index (χ2n) is 2.21. The maximum Gasteiger partial charge on any atom is 0.305 e. The molecule has 0 rings (SSSR count). The van der Waals surface area contributed by atoms with Gasteiger partial charge in [-0.05, 0) is 6.42 Å². The van der Waals surface area contributed by atoms with Crippen molar-refractivity contribution in [1.29, 1.82) is 0 Å². The van der Waals surface area contributed by atoms with E-state index in [-0.39, 0.29) is 19.0 Å². The first-order valence-electron chi connectivity index (χ1n) is 3.37. The Bertz CT molecular complexity index is 230. The highest BCUT2D eigenvalue weighted by molar-refractivity contribution is 7.85. The van der Waals surface area contributed by atoms with Gasteiger partial charge < -0.3 is 4.74 Å². The number of esters is 1. The summed E-state index contributed by atoms with van der Waals surface area (Å²) in [6, 6.07) is 0. The monoisotopic (exact) mass is 196 g/mol. The number of carbonyl (C=O) groups excluding carboxylic acids is 1. The Morgan fingerprint density at radius 1 is 1.42 bits per heavy atom. The molecule has 6 heteroatoms. The molecule has 12 heavy (non-hydrogen) atoms. The predicted octanol–water partition coefficient (Wildman–Crippen LogP) is -0.0842. The van der Waals surface area contributed by atoms with Gasteiger partial charge in [0.05, 0.1) is 20.0 Å². The fraction of sp³-hybridized carbons (Fsp3) is 0.833. The number of hydrogen-bond acceptors (Lipinski definition) is 5. The molecule has 0 aromatic rings. The van der Waals surface area contributed by atoms with Gasteiger partial charge in [-0.2, -0.15) is 8.42 Å². The molecular formula is C6H12O5S. The van der Waals surface area contributed by atoms with E-state index in [0.717, 1.165) is 6.26 Å². The summed E-state index contributed by atoms with van der Waals surface area (Å²) in [7, 11) is -2.10.